The van der Waals surface area contributed by atoms with Crippen LogP contribution in [0.2, 0.25) is 5.02 Å². The van der Waals surface area contributed by atoms with Crippen LogP contribution in [0.15, 0.2) is 23.4 Å². The molecule has 1 atom stereocenters. The lowest BCUT2D eigenvalue weighted by atomic mass is 10.2. The van der Waals surface area contributed by atoms with E-state index in [1.54, 1.807) is 18.2 Å². The van der Waals surface area contributed by atoms with Gasteiger partial charge in [0.15, 0.2) is 5.16 Å². The molecule has 1 aromatic carbocycles. The number of rotatable bonds is 7. The van der Waals surface area contributed by atoms with Crippen LogP contribution in [0, 0.1) is 17.2 Å². The predicted molar refractivity (Wildman–Crippen MR) is 118 cm³/mol. The molecular formula is C20H25ClN6O2S. The predicted octanol–water partition coefficient (Wildman–Crippen LogP) is 3.42. The molecule has 2 heterocycles. The molecule has 1 aliphatic rings. The van der Waals surface area contributed by atoms with E-state index < -0.39 is 5.25 Å². The summed E-state index contributed by atoms with van der Waals surface area (Å²) >= 11 is 7.42. The fraction of sp³-hybridized carbons (Fsp3) is 0.500. The number of morpholine rings is 1. The Balaban J connectivity index is 1.72. The van der Waals surface area contributed by atoms with Gasteiger partial charge in [-0.3, -0.25) is 9.36 Å². The van der Waals surface area contributed by atoms with Crippen LogP contribution in [-0.4, -0.2) is 52.2 Å². The summed E-state index contributed by atoms with van der Waals surface area (Å²) in [5.74, 6) is 1.05. The molecule has 10 heteroatoms. The first-order valence-electron chi connectivity index (χ1n) is 9.82. The van der Waals surface area contributed by atoms with Crippen molar-refractivity contribution in [1.29, 1.82) is 5.26 Å². The molecule has 1 aliphatic heterocycles. The Morgan fingerprint density at radius 3 is 2.70 bits per heavy atom. The number of nitrogens with zero attached hydrogens (tertiary/aromatic N) is 5. The summed E-state index contributed by atoms with van der Waals surface area (Å²) in [6.07, 6.45) is 0. The van der Waals surface area contributed by atoms with Crippen molar-refractivity contribution in [2.45, 2.75) is 37.7 Å². The molecule has 0 radical (unpaired) electrons. The molecule has 8 nitrogen and oxygen atoms in total. The minimum absolute atomic E-state index is 0.173. The van der Waals surface area contributed by atoms with Crippen molar-refractivity contribution < 1.29 is 9.53 Å². The average molecular weight is 449 g/mol. The molecule has 1 unspecified atom stereocenters. The number of hydrogen-bond acceptors (Lipinski definition) is 7. The van der Waals surface area contributed by atoms with Crippen LogP contribution in [0.4, 0.5) is 11.6 Å². The lowest BCUT2D eigenvalue weighted by Gasteiger charge is -2.28. The van der Waals surface area contributed by atoms with E-state index in [-0.39, 0.29) is 5.91 Å². The largest absolute Gasteiger partial charge is 0.378 e. The van der Waals surface area contributed by atoms with Crippen molar-refractivity contribution >= 4 is 40.9 Å². The zero-order valence-electron chi connectivity index (χ0n) is 17.3. The maximum atomic E-state index is 12.7. The van der Waals surface area contributed by atoms with Crippen molar-refractivity contribution in [2.24, 2.45) is 5.92 Å². The second-order valence-corrected chi connectivity index (χ2v) is 9.16. The van der Waals surface area contributed by atoms with E-state index >= 15 is 0 Å². The summed E-state index contributed by atoms with van der Waals surface area (Å²) in [6, 6.07) is 6.83. The van der Waals surface area contributed by atoms with Gasteiger partial charge < -0.3 is 15.0 Å². The Labute approximate surface area is 185 Å². The number of hydrogen-bond donors (Lipinski definition) is 1. The van der Waals surface area contributed by atoms with Gasteiger partial charge in [-0.15, -0.1) is 10.2 Å². The first-order valence-corrected chi connectivity index (χ1v) is 11.1. The topological polar surface area (TPSA) is 96.1 Å². The van der Waals surface area contributed by atoms with Crippen LogP contribution in [0.5, 0.6) is 0 Å². The van der Waals surface area contributed by atoms with Gasteiger partial charge >= 0.3 is 0 Å². The van der Waals surface area contributed by atoms with Crippen molar-refractivity contribution in [3.05, 3.63) is 28.8 Å². The number of carbonyl (C=O) groups excluding carboxylic acids is 1. The van der Waals surface area contributed by atoms with Crippen LogP contribution >= 0.6 is 23.4 Å². The number of benzene rings is 1. The molecule has 3 rings (SSSR count). The van der Waals surface area contributed by atoms with Crippen molar-refractivity contribution in [2.75, 3.05) is 36.5 Å². The van der Waals surface area contributed by atoms with Gasteiger partial charge in [-0.1, -0.05) is 37.2 Å². The quantitative estimate of drug-likeness (QED) is 0.648. The number of aromatic nitrogens is 3. The van der Waals surface area contributed by atoms with E-state index in [9.17, 15) is 4.79 Å². The SMILES string of the molecule is CC(C)Cn1c(SC(C)C(=O)Nc2ccc(C#N)c(Cl)c2)nnc1N1CCOCC1. The summed E-state index contributed by atoms with van der Waals surface area (Å²) in [7, 11) is 0. The molecular weight excluding hydrogens is 424 g/mol. The standard InChI is InChI=1S/C20H25ClN6O2S/c1-13(2)12-27-19(26-6-8-29-9-7-26)24-25-20(27)30-14(3)18(28)23-16-5-4-15(11-22)17(21)10-16/h4-5,10,13-14H,6-9,12H2,1-3H3,(H,23,28). The number of ether oxygens (including phenoxy) is 1. The monoisotopic (exact) mass is 448 g/mol. The number of amides is 1. The van der Waals surface area contributed by atoms with Crippen LogP contribution in [-0.2, 0) is 16.1 Å². The van der Waals surface area contributed by atoms with Gasteiger partial charge in [0.25, 0.3) is 0 Å². The molecule has 160 valence electrons. The first kappa shape index (κ1) is 22.4. The Morgan fingerprint density at radius 2 is 2.07 bits per heavy atom. The second kappa shape index (κ2) is 10.2. The zero-order chi connectivity index (χ0) is 21.7. The molecule has 1 N–H and O–H groups in total. The van der Waals surface area contributed by atoms with Gasteiger partial charge in [-0.05, 0) is 31.0 Å². The Bertz CT molecular complexity index is 936. The van der Waals surface area contributed by atoms with Gasteiger partial charge in [0.05, 0.1) is 29.0 Å². The number of halogens is 1. The number of carbonyl (C=O) groups is 1. The molecule has 30 heavy (non-hydrogen) atoms. The molecule has 0 spiro atoms. The number of anilines is 2. The third kappa shape index (κ3) is 5.45. The van der Waals surface area contributed by atoms with Crippen LogP contribution in [0.3, 0.4) is 0 Å². The Morgan fingerprint density at radius 1 is 1.33 bits per heavy atom. The maximum absolute atomic E-state index is 12.7. The molecule has 1 fully saturated rings. The third-order valence-corrected chi connectivity index (χ3v) is 5.94. The second-order valence-electron chi connectivity index (χ2n) is 7.44. The van der Waals surface area contributed by atoms with Crippen LogP contribution in [0.25, 0.3) is 0 Å². The van der Waals surface area contributed by atoms with Crippen LogP contribution < -0.4 is 10.2 Å². The normalized spacial score (nSPS) is 15.1. The van der Waals surface area contributed by atoms with E-state index in [1.807, 2.05) is 13.0 Å². The van der Waals surface area contributed by atoms with E-state index in [0.717, 1.165) is 25.6 Å². The highest BCUT2D eigenvalue weighted by atomic mass is 35.5. The summed E-state index contributed by atoms with van der Waals surface area (Å²) in [6.45, 7) is 9.76. The highest BCUT2D eigenvalue weighted by molar-refractivity contribution is 8.00. The van der Waals surface area contributed by atoms with E-state index in [4.69, 9.17) is 21.6 Å². The van der Waals surface area contributed by atoms with Crippen LogP contribution in [0.1, 0.15) is 26.3 Å². The van der Waals surface area contributed by atoms with E-state index in [2.05, 4.69) is 38.8 Å². The van der Waals surface area contributed by atoms with Crippen molar-refractivity contribution in [3.63, 3.8) is 0 Å². The zero-order valence-corrected chi connectivity index (χ0v) is 18.8. The fourth-order valence-electron chi connectivity index (χ4n) is 3.03. The highest BCUT2D eigenvalue weighted by Gasteiger charge is 2.24. The summed E-state index contributed by atoms with van der Waals surface area (Å²) in [5, 5.41) is 21.2. The molecule has 1 aromatic heterocycles. The van der Waals surface area contributed by atoms with Gasteiger partial charge in [0.2, 0.25) is 11.9 Å². The van der Waals surface area contributed by atoms with Gasteiger partial charge in [-0.2, -0.15) is 5.26 Å². The molecule has 0 aliphatic carbocycles. The molecule has 1 amide bonds. The molecule has 1 saturated heterocycles. The third-order valence-electron chi connectivity index (χ3n) is 4.55. The smallest absolute Gasteiger partial charge is 0.237 e. The Hall–Kier alpha value is -2.28. The Kier molecular flexibility index (Phi) is 7.58. The lowest BCUT2D eigenvalue weighted by Crippen LogP contribution is -2.38. The molecule has 0 bridgehead atoms. The van der Waals surface area contributed by atoms with Crippen molar-refractivity contribution in [3.8, 4) is 6.07 Å². The summed E-state index contributed by atoms with van der Waals surface area (Å²) < 4.78 is 7.53. The summed E-state index contributed by atoms with van der Waals surface area (Å²) in [5.41, 5.74) is 0.920. The van der Waals surface area contributed by atoms with Gasteiger partial charge in [-0.25, -0.2) is 0 Å². The number of thioether (sulfide) groups is 1. The minimum Gasteiger partial charge on any atom is -0.378 e. The van der Waals surface area contributed by atoms with E-state index in [1.165, 1.54) is 11.8 Å². The van der Waals surface area contributed by atoms with Gasteiger partial charge in [0.1, 0.15) is 6.07 Å². The van der Waals surface area contributed by atoms with Crippen molar-refractivity contribution in [1.82, 2.24) is 14.8 Å². The van der Waals surface area contributed by atoms with Gasteiger partial charge in [0, 0.05) is 25.3 Å². The average Bonchev–Trinajstić information content (AvgIpc) is 3.10. The molecule has 2 aromatic rings. The molecule has 0 saturated carbocycles. The first-order chi connectivity index (χ1) is 14.4. The number of nitriles is 1. The number of nitrogens with one attached hydrogen (secondary N) is 1. The van der Waals surface area contributed by atoms with E-state index in [0.29, 0.717) is 40.6 Å². The summed E-state index contributed by atoms with van der Waals surface area (Å²) in [4.78, 5) is 14.9. The lowest BCUT2D eigenvalue weighted by molar-refractivity contribution is -0.115. The highest BCUT2D eigenvalue weighted by Crippen LogP contribution is 2.28. The maximum Gasteiger partial charge on any atom is 0.237 e. The fourth-order valence-corrected chi connectivity index (χ4v) is 4.11. The minimum atomic E-state index is -0.396.